The molecule has 0 aliphatic heterocycles. The van der Waals surface area contributed by atoms with E-state index < -0.39 is 6.09 Å². The van der Waals surface area contributed by atoms with Crippen molar-refractivity contribution in [3.05, 3.63) is 28.8 Å². The van der Waals surface area contributed by atoms with Gasteiger partial charge in [0.2, 0.25) is 0 Å². The fraction of sp³-hybridized carbons (Fsp3) is 0.333. The second-order valence-corrected chi connectivity index (χ2v) is 3.60. The third-order valence-corrected chi connectivity index (χ3v) is 2.31. The molecule has 0 saturated heterocycles. The molecule has 0 radical (unpaired) electrons. The van der Waals surface area contributed by atoms with Crippen molar-refractivity contribution in [2.75, 3.05) is 6.54 Å². The van der Waals surface area contributed by atoms with Gasteiger partial charge in [-0.25, -0.2) is 4.79 Å². The first-order valence-corrected chi connectivity index (χ1v) is 4.95. The van der Waals surface area contributed by atoms with Crippen molar-refractivity contribution in [2.45, 2.75) is 20.8 Å². The molecule has 0 fully saturated rings. The van der Waals surface area contributed by atoms with Gasteiger partial charge in [-0.3, -0.25) is 0 Å². The van der Waals surface area contributed by atoms with Crippen LogP contribution in [-0.2, 0) is 0 Å². The highest BCUT2D eigenvalue weighted by Crippen LogP contribution is 2.22. The van der Waals surface area contributed by atoms with Gasteiger partial charge in [-0.05, 0) is 43.5 Å². The molecule has 4 nitrogen and oxygen atoms in total. The number of hydrogen-bond donors (Lipinski definition) is 1. The van der Waals surface area contributed by atoms with Crippen LogP contribution in [0.2, 0.25) is 0 Å². The number of benzene rings is 1. The van der Waals surface area contributed by atoms with Gasteiger partial charge in [-0.2, -0.15) is 5.26 Å². The van der Waals surface area contributed by atoms with Crippen molar-refractivity contribution < 1.29 is 9.53 Å². The van der Waals surface area contributed by atoms with Crippen LogP contribution in [-0.4, -0.2) is 12.6 Å². The van der Waals surface area contributed by atoms with Crippen LogP contribution in [0.15, 0.2) is 12.1 Å². The largest absolute Gasteiger partial charge is 0.413 e. The van der Waals surface area contributed by atoms with Gasteiger partial charge in [0.15, 0.2) is 0 Å². The maximum Gasteiger partial charge on any atom is 0.413 e. The molecule has 0 unspecified atom stereocenters. The highest BCUT2D eigenvalue weighted by Gasteiger charge is 2.07. The Hall–Kier alpha value is -2.02. The zero-order valence-electron chi connectivity index (χ0n) is 9.63. The van der Waals surface area contributed by atoms with Crippen molar-refractivity contribution in [1.82, 2.24) is 5.32 Å². The molecular weight excluding hydrogens is 204 g/mol. The minimum Gasteiger partial charge on any atom is -0.410 e. The smallest absolute Gasteiger partial charge is 0.410 e. The second-order valence-electron chi connectivity index (χ2n) is 3.60. The molecule has 0 saturated carbocycles. The number of hydrogen-bond acceptors (Lipinski definition) is 3. The fourth-order valence-corrected chi connectivity index (χ4v) is 1.29. The normalized spacial score (nSPS) is 9.38. The summed E-state index contributed by atoms with van der Waals surface area (Å²) in [6, 6.07) is 5.58. The minimum atomic E-state index is -0.604. The van der Waals surface area contributed by atoms with Crippen LogP contribution >= 0.6 is 0 Å². The number of ether oxygens (including phenoxy) is 1. The molecule has 1 N–H and O–H groups in total. The summed E-state index contributed by atoms with van der Waals surface area (Å²) in [7, 11) is 0. The van der Waals surface area contributed by atoms with E-state index in [-0.39, 0.29) is 6.54 Å². The van der Waals surface area contributed by atoms with Crippen LogP contribution in [0.1, 0.15) is 16.7 Å². The molecule has 0 heterocycles. The molecule has 4 heteroatoms. The third kappa shape index (κ3) is 2.99. The molecule has 0 aliphatic carbocycles. The number of nitrogens with zero attached hydrogens (tertiary/aromatic N) is 1. The van der Waals surface area contributed by atoms with Gasteiger partial charge in [0.05, 0.1) is 6.07 Å². The predicted octanol–water partition coefficient (Wildman–Crippen LogP) is 2.22. The first kappa shape index (κ1) is 12.1. The van der Waals surface area contributed by atoms with Crippen LogP contribution in [0.25, 0.3) is 0 Å². The van der Waals surface area contributed by atoms with E-state index in [1.54, 1.807) is 0 Å². The van der Waals surface area contributed by atoms with Gasteiger partial charge >= 0.3 is 6.09 Å². The van der Waals surface area contributed by atoms with Gasteiger partial charge in [-0.1, -0.05) is 6.07 Å². The average Bonchev–Trinajstić information content (AvgIpc) is 2.23. The number of carbonyl (C=O) groups is 1. The summed E-state index contributed by atoms with van der Waals surface area (Å²) in [5.74, 6) is 0.526. The van der Waals surface area contributed by atoms with Gasteiger partial charge < -0.3 is 10.1 Å². The lowest BCUT2D eigenvalue weighted by Gasteiger charge is -2.10. The monoisotopic (exact) mass is 218 g/mol. The van der Waals surface area contributed by atoms with E-state index in [1.165, 1.54) is 0 Å². The van der Waals surface area contributed by atoms with Crippen molar-refractivity contribution in [3.8, 4) is 11.8 Å². The van der Waals surface area contributed by atoms with Crippen LogP contribution < -0.4 is 10.1 Å². The van der Waals surface area contributed by atoms with Crippen LogP contribution in [0, 0.1) is 32.1 Å². The topological polar surface area (TPSA) is 62.1 Å². The van der Waals surface area contributed by atoms with Gasteiger partial charge in [-0.15, -0.1) is 0 Å². The Morgan fingerprint density at radius 2 is 1.94 bits per heavy atom. The van der Waals surface area contributed by atoms with E-state index in [4.69, 9.17) is 10.00 Å². The first-order chi connectivity index (χ1) is 7.54. The number of amides is 1. The second kappa shape index (κ2) is 5.17. The van der Waals surface area contributed by atoms with Crippen LogP contribution in [0.4, 0.5) is 4.79 Å². The molecule has 0 bridgehead atoms. The molecule has 0 spiro atoms. The molecule has 0 aliphatic rings. The lowest BCUT2D eigenvalue weighted by atomic mass is 10.1. The summed E-state index contributed by atoms with van der Waals surface area (Å²) in [6.45, 7) is 5.78. The lowest BCUT2D eigenvalue weighted by molar-refractivity contribution is 0.201. The molecule has 0 atom stereocenters. The van der Waals surface area contributed by atoms with Crippen LogP contribution in [0.5, 0.6) is 5.75 Å². The summed E-state index contributed by atoms with van der Waals surface area (Å²) in [4.78, 5) is 11.2. The summed E-state index contributed by atoms with van der Waals surface area (Å²) in [6.07, 6.45) is -0.604. The van der Waals surface area contributed by atoms with E-state index in [1.807, 2.05) is 39.0 Å². The van der Waals surface area contributed by atoms with E-state index >= 15 is 0 Å². The van der Waals surface area contributed by atoms with Crippen molar-refractivity contribution in [1.29, 1.82) is 5.26 Å². The molecule has 0 aromatic heterocycles. The van der Waals surface area contributed by atoms with E-state index in [9.17, 15) is 4.79 Å². The van der Waals surface area contributed by atoms with Gasteiger partial charge in [0.1, 0.15) is 12.3 Å². The number of nitrogens with one attached hydrogen (secondary N) is 1. The highest BCUT2D eigenvalue weighted by atomic mass is 16.6. The zero-order valence-corrected chi connectivity index (χ0v) is 9.63. The Kier molecular flexibility index (Phi) is 3.90. The minimum absolute atomic E-state index is 0.0529. The molecule has 1 amide bonds. The Bertz CT molecular complexity index is 447. The van der Waals surface area contributed by atoms with E-state index in [0.717, 1.165) is 16.7 Å². The van der Waals surface area contributed by atoms with Gasteiger partial charge in [0.25, 0.3) is 0 Å². The third-order valence-electron chi connectivity index (χ3n) is 2.31. The summed E-state index contributed by atoms with van der Waals surface area (Å²) >= 11 is 0. The predicted molar refractivity (Wildman–Crippen MR) is 60.3 cm³/mol. The number of rotatable bonds is 2. The van der Waals surface area contributed by atoms with Gasteiger partial charge in [0, 0.05) is 0 Å². The maximum absolute atomic E-state index is 11.2. The van der Waals surface area contributed by atoms with Crippen molar-refractivity contribution >= 4 is 6.09 Å². The summed E-state index contributed by atoms with van der Waals surface area (Å²) in [5.41, 5.74) is 3.12. The molecule has 1 aromatic carbocycles. The van der Waals surface area contributed by atoms with Crippen molar-refractivity contribution in [3.63, 3.8) is 0 Å². The first-order valence-electron chi connectivity index (χ1n) is 4.95. The SMILES string of the molecule is Cc1cc(C)c(OC(=O)NCC#N)cc1C. The average molecular weight is 218 g/mol. The molecule has 1 aromatic rings. The maximum atomic E-state index is 11.2. The van der Waals surface area contributed by atoms with E-state index in [0.29, 0.717) is 5.75 Å². The zero-order chi connectivity index (χ0) is 12.1. The molecule has 1 rings (SSSR count). The Labute approximate surface area is 94.8 Å². The number of carbonyl (C=O) groups excluding carboxylic acids is 1. The molecular formula is C12H14N2O2. The highest BCUT2D eigenvalue weighted by molar-refractivity contribution is 5.71. The quantitative estimate of drug-likeness (QED) is 0.774. The molecule has 84 valence electrons. The van der Waals surface area contributed by atoms with Crippen molar-refractivity contribution in [2.24, 2.45) is 0 Å². The Balaban J connectivity index is 2.78. The Morgan fingerprint density at radius 1 is 1.31 bits per heavy atom. The van der Waals surface area contributed by atoms with E-state index in [2.05, 4.69) is 5.32 Å². The number of aryl methyl sites for hydroxylation is 3. The fourth-order valence-electron chi connectivity index (χ4n) is 1.29. The van der Waals surface area contributed by atoms with Crippen LogP contribution in [0.3, 0.4) is 0 Å². The summed E-state index contributed by atoms with van der Waals surface area (Å²) < 4.78 is 5.08. The summed E-state index contributed by atoms with van der Waals surface area (Å²) in [5, 5.41) is 10.6. The number of nitriles is 1. The molecule has 16 heavy (non-hydrogen) atoms. The lowest BCUT2D eigenvalue weighted by Crippen LogP contribution is -2.27. The standard InChI is InChI=1S/C12H14N2O2/c1-8-6-10(3)11(7-9(8)2)16-12(15)14-5-4-13/h6-7H,5H2,1-3H3,(H,14,15). The Morgan fingerprint density at radius 3 is 2.56 bits per heavy atom.